The summed E-state index contributed by atoms with van der Waals surface area (Å²) in [7, 11) is 0. The number of rotatable bonds is 3. The average molecular weight is 155 g/mol. The Bertz CT molecular complexity index is 248. The number of hydrogen-bond acceptors (Lipinski definition) is 3. The molecule has 0 aliphatic heterocycles. The van der Waals surface area contributed by atoms with E-state index in [1.807, 2.05) is 0 Å². The second kappa shape index (κ2) is 4.06. The molecule has 0 aromatic heterocycles. The quantitative estimate of drug-likeness (QED) is 0.441. The lowest BCUT2D eigenvalue weighted by Gasteiger charge is -1.92. The molecule has 0 heterocycles. The van der Waals surface area contributed by atoms with Crippen LogP contribution in [0.5, 0.6) is 0 Å². The molecule has 5 nitrogen and oxygen atoms in total. The Morgan fingerprint density at radius 3 is 2.27 bits per heavy atom. The first-order chi connectivity index (χ1) is 5.07. The predicted molar refractivity (Wildman–Crippen MR) is 33.6 cm³/mol. The van der Waals surface area contributed by atoms with Crippen LogP contribution < -0.4 is 0 Å². The minimum atomic E-state index is -1.38. The molecule has 2 N–H and O–H groups in total. The molecule has 0 fully saturated rings. The maximum Gasteiger partial charge on any atom is 0.332 e. The van der Waals surface area contributed by atoms with Gasteiger partial charge in [-0.3, -0.25) is 4.79 Å². The van der Waals surface area contributed by atoms with Crippen molar-refractivity contribution >= 4 is 11.9 Å². The molecule has 0 unspecified atom stereocenters. The Balaban J connectivity index is 4.39. The van der Waals surface area contributed by atoms with Crippen LogP contribution in [0.3, 0.4) is 0 Å². The molecule has 0 aliphatic rings. The Morgan fingerprint density at radius 1 is 1.45 bits per heavy atom. The Kier molecular flexibility index (Phi) is 3.39. The number of carbonyl (C=O) groups is 2. The smallest absolute Gasteiger partial charge is 0.332 e. The standard InChI is InChI=1S/C6H5NO4/c7-2-1-4(6(10)11)3-5(8)9/h1H,3H2,(H,8,9)(H,10,11). The van der Waals surface area contributed by atoms with Gasteiger partial charge in [-0.25, -0.2) is 4.79 Å². The van der Waals surface area contributed by atoms with E-state index < -0.39 is 23.9 Å². The summed E-state index contributed by atoms with van der Waals surface area (Å²) in [5.74, 6) is -2.65. The molecule has 0 saturated heterocycles. The summed E-state index contributed by atoms with van der Waals surface area (Å²) in [6, 6.07) is 1.45. The van der Waals surface area contributed by atoms with Gasteiger partial charge in [0.05, 0.1) is 18.1 Å². The zero-order valence-electron chi connectivity index (χ0n) is 5.44. The van der Waals surface area contributed by atoms with E-state index in [1.165, 1.54) is 6.07 Å². The highest BCUT2D eigenvalue weighted by molar-refractivity contribution is 5.92. The van der Waals surface area contributed by atoms with E-state index in [-0.39, 0.29) is 0 Å². The van der Waals surface area contributed by atoms with E-state index in [0.29, 0.717) is 6.08 Å². The Morgan fingerprint density at radius 2 is 2.00 bits per heavy atom. The zero-order valence-corrected chi connectivity index (χ0v) is 5.44. The number of aliphatic carboxylic acids is 2. The van der Waals surface area contributed by atoms with E-state index in [2.05, 4.69) is 0 Å². The van der Waals surface area contributed by atoms with Crippen molar-refractivity contribution in [1.29, 1.82) is 5.26 Å². The van der Waals surface area contributed by atoms with Crippen LogP contribution in [0.15, 0.2) is 11.6 Å². The van der Waals surface area contributed by atoms with Crippen LogP contribution >= 0.6 is 0 Å². The highest BCUT2D eigenvalue weighted by atomic mass is 16.4. The minimum Gasteiger partial charge on any atom is -0.481 e. The summed E-state index contributed by atoms with van der Waals surface area (Å²) in [6.45, 7) is 0. The van der Waals surface area contributed by atoms with Crippen molar-refractivity contribution in [3.63, 3.8) is 0 Å². The first kappa shape index (κ1) is 9.17. The topological polar surface area (TPSA) is 98.4 Å². The molecular formula is C6H5NO4. The molecule has 0 aliphatic carbocycles. The SMILES string of the molecule is N#CC=C(CC(=O)O)C(=O)O. The van der Waals surface area contributed by atoms with Gasteiger partial charge in [0, 0.05) is 6.08 Å². The average Bonchev–Trinajstić information content (AvgIpc) is 1.86. The van der Waals surface area contributed by atoms with E-state index in [9.17, 15) is 9.59 Å². The minimum absolute atomic E-state index is 0.417. The summed E-state index contributed by atoms with van der Waals surface area (Å²) < 4.78 is 0. The van der Waals surface area contributed by atoms with Crippen LogP contribution in [-0.2, 0) is 9.59 Å². The van der Waals surface area contributed by atoms with Gasteiger partial charge in [-0.1, -0.05) is 0 Å². The summed E-state index contributed by atoms with van der Waals surface area (Å²) in [5, 5.41) is 24.4. The van der Waals surface area contributed by atoms with E-state index in [4.69, 9.17) is 15.5 Å². The number of carboxylic acids is 2. The molecule has 0 saturated carbocycles. The summed E-state index contributed by atoms with van der Waals surface area (Å²) in [6.07, 6.45) is 0.0688. The predicted octanol–water partition coefficient (Wildman–Crippen LogP) is -0.00432. The molecule has 0 aromatic carbocycles. The van der Waals surface area contributed by atoms with Gasteiger partial charge in [0.2, 0.25) is 0 Å². The van der Waals surface area contributed by atoms with E-state index in [0.717, 1.165) is 0 Å². The van der Waals surface area contributed by atoms with Crippen molar-refractivity contribution < 1.29 is 19.8 Å². The maximum atomic E-state index is 10.1. The maximum absolute atomic E-state index is 10.1. The monoisotopic (exact) mass is 155 g/mol. The summed E-state index contributed by atoms with van der Waals surface area (Å²) >= 11 is 0. The molecule has 0 aromatic rings. The molecule has 0 radical (unpaired) electrons. The van der Waals surface area contributed by atoms with Crippen LogP contribution in [0.4, 0.5) is 0 Å². The van der Waals surface area contributed by atoms with E-state index in [1.54, 1.807) is 0 Å². The van der Waals surface area contributed by atoms with Gasteiger partial charge < -0.3 is 10.2 Å². The van der Waals surface area contributed by atoms with Gasteiger partial charge in [0.25, 0.3) is 0 Å². The van der Waals surface area contributed by atoms with Crippen molar-refractivity contribution in [3.8, 4) is 6.07 Å². The normalized spacial score (nSPS) is 10.3. The second-order valence-corrected chi connectivity index (χ2v) is 1.67. The van der Waals surface area contributed by atoms with Gasteiger partial charge in [-0.2, -0.15) is 5.26 Å². The lowest BCUT2D eigenvalue weighted by Crippen LogP contribution is -2.06. The van der Waals surface area contributed by atoms with Crippen molar-refractivity contribution in [1.82, 2.24) is 0 Å². The highest BCUT2D eigenvalue weighted by Gasteiger charge is 2.10. The van der Waals surface area contributed by atoms with Gasteiger partial charge in [-0.05, 0) is 0 Å². The third-order valence-corrected chi connectivity index (χ3v) is 0.855. The fraction of sp³-hybridized carbons (Fsp3) is 0.167. The molecule has 5 heteroatoms. The van der Waals surface area contributed by atoms with Crippen molar-refractivity contribution in [3.05, 3.63) is 11.6 Å². The van der Waals surface area contributed by atoms with Gasteiger partial charge in [-0.15, -0.1) is 0 Å². The van der Waals surface area contributed by atoms with Crippen molar-refractivity contribution in [2.45, 2.75) is 6.42 Å². The Labute approximate surface area is 62.2 Å². The lowest BCUT2D eigenvalue weighted by atomic mass is 10.2. The second-order valence-electron chi connectivity index (χ2n) is 1.67. The summed E-state index contributed by atoms with van der Waals surface area (Å²) in [4.78, 5) is 20.1. The van der Waals surface area contributed by atoms with Crippen LogP contribution in [-0.4, -0.2) is 22.2 Å². The van der Waals surface area contributed by atoms with Crippen LogP contribution in [0.2, 0.25) is 0 Å². The molecule has 0 atom stereocenters. The molecule has 11 heavy (non-hydrogen) atoms. The number of carboxylic acid groups (broad SMARTS) is 2. The number of nitriles is 1. The number of nitrogens with zero attached hydrogens (tertiary/aromatic N) is 1. The fourth-order valence-electron chi connectivity index (χ4n) is 0.429. The molecular weight excluding hydrogens is 150 g/mol. The van der Waals surface area contributed by atoms with Crippen molar-refractivity contribution in [2.24, 2.45) is 0 Å². The van der Waals surface area contributed by atoms with Crippen LogP contribution in [0.1, 0.15) is 6.42 Å². The lowest BCUT2D eigenvalue weighted by molar-refractivity contribution is -0.139. The molecule has 0 bridgehead atoms. The Hall–Kier alpha value is -1.83. The first-order valence-corrected chi connectivity index (χ1v) is 2.61. The summed E-state index contributed by atoms with van der Waals surface area (Å²) in [5.41, 5.74) is -0.417. The number of allylic oxidation sites excluding steroid dienone is 1. The molecule has 58 valence electrons. The molecule has 0 rings (SSSR count). The molecule has 0 amide bonds. The number of hydrogen-bond donors (Lipinski definition) is 2. The van der Waals surface area contributed by atoms with Gasteiger partial charge >= 0.3 is 11.9 Å². The fourth-order valence-corrected chi connectivity index (χ4v) is 0.429. The van der Waals surface area contributed by atoms with E-state index >= 15 is 0 Å². The first-order valence-electron chi connectivity index (χ1n) is 2.61. The third kappa shape index (κ3) is 3.70. The van der Waals surface area contributed by atoms with Crippen molar-refractivity contribution in [2.75, 3.05) is 0 Å². The largest absolute Gasteiger partial charge is 0.481 e. The molecule has 0 spiro atoms. The van der Waals surface area contributed by atoms with Gasteiger partial charge in [0.1, 0.15) is 0 Å². The highest BCUT2D eigenvalue weighted by Crippen LogP contribution is 1.99. The van der Waals surface area contributed by atoms with Gasteiger partial charge in [0.15, 0.2) is 0 Å². The van der Waals surface area contributed by atoms with Crippen LogP contribution in [0.25, 0.3) is 0 Å². The third-order valence-electron chi connectivity index (χ3n) is 0.855. The zero-order chi connectivity index (χ0) is 8.85. The van der Waals surface area contributed by atoms with Crippen LogP contribution in [0, 0.1) is 11.3 Å².